The van der Waals surface area contributed by atoms with Gasteiger partial charge in [-0.05, 0) is 37.8 Å². The molecule has 2 aliphatic rings. The van der Waals surface area contributed by atoms with Gasteiger partial charge < -0.3 is 24.4 Å². The van der Waals surface area contributed by atoms with Crippen LogP contribution in [0.4, 0.5) is 5.82 Å². The fraction of sp³-hybridized carbons (Fsp3) is 0.737. The number of nitrogens with zero attached hydrogens (tertiary/aromatic N) is 5. The topological polar surface area (TPSA) is 98.8 Å². The molecule has 4 rings (SSSR count). The second kappa shape index (κ2) is 8.08. The maximum atomic E-state index is 9.92. The van der Waals surface area contributed by atoms with Crippen LogP contribution in [0.5, 0.6) is 0 Å². The number of likely N-dealkylation sites (tertiary alicyclic amines) is 1. The maximum Gasteiger partial charge on any atom is 0.252 e. The molecule has 4 heterocycles. The van der Waals surface area contributed by atoms with Gasteiger partial charge in [0.1, 0.15) is 6.33 Å². The van der Waals surface area contributed by atoms with Crippen LogP contribution in [-0.2, 0) is 6.42 Å². The van der Waals surface area contributed by atoms with Gasteiger partial charge >= 0.3 is 0 Å². The Morgan fingerprint density at radius 2 is 1.89 bits per heavy atom. The van der Waals surface area contributed by atoms with Crippen molar-refractivity contribution in [3.8, 4) is 0 Å². The van der Waals surface area contributed by atoms with Gasteiger partial charge in [-0.15, -0.1) is 0 Å². The molecule has 2 aliphatic heterocycles. The third-order valence-electron chi connectivity index (χ3n) is 6.09. The highest BCUT2D eigenvalue weighted by Crippen LogP contribution is 2.32. The Hall–Kier alpha value is -1.77. The molecule has 27 heavy (non-hydrogen) atoms. The first-order chi connectivity index (χ1) is 13.2. The standard InChI is InChI=1S/C19H29N5O3/c1-2-16-22-17-18(20-12-21-19(17)27-16)24-8-14(15(9-24)11-26)7-23-5-3-13(10-25)4-6-23/h12-15,25-26H,2-11H2,1H3/t14-,15-/m1/s1. The second-order valence-corrected chi connectivity index (χ2v) is 7.85. The lowest BCUT2D eigenvalue weighted by Gasteiger charge is -2.33. The van der Waals surface area contributed by atoms with E-state index in [0.29, 0.717) is 30.0 Å². The number of aromatic nitrogens is 3. The van der Waals surface area contributed by atoms with Gasteiger partial charge in [0.25, 0.3) is 5.71 Å². The molecule has 148 valence electrons. The summed E-state index contributed by atoms with van der Waals surface area (Å²) in [6, 6.07) is 0. The molecule has 8 nitrogen and oxygen atoms in total. The van der Waals surface area contributed by atoms with E-state index in [9.17, 15) is 10.2 Å². The van der Waals surface area contributed by atoms with Crippen molar-refractivity contribution in [2.24, 2.45) is 17.8 Å². The zero-order valence-corrected chi connectivity index (χ0v) is 15.9. The van der Waals surface area contributed by atoms with Gasteiger partial charge in [-0.2, -0.15) is 4.98 Å². The highest BCUT2D eigenvalue weighted by molar-refractivity contribution is 5.81. The van der Waals surface area contributed by atoms with Gasteiger partial charge in [0.2, 0.25) is 0 Å². The Morgan fingerprint density at radius 1 is 1.11 bits per heavy atom. The molecule has 2 fully saturated rings. The molecular weight excluding hydrogens is 346 g/mol. The Kier molecular flexibility index (Phi) is 5.56. The summed E-state index contributed by atoms with van der Waals surface area (Å²) in [5.74, 6) is 2.55. The molecule has 0 aliphatic carbocycles. The first kappa shape index (κ1) is 18.6. The van der Waals surface area contributed by atoms with Gasteiger partial charge in [0.05, 0.1) is 0 Å². The van der Waals surface area contributed by atoms with Crippen LogP contribution in [-0.4, -0.2) is 76.0 Å². The summed E-state index contributed by atoms with van der Waals surface area (Å²) in [6.07, 6.45) is 4.37. The third kappa shape index (κ3) is 3.79. The average molecular weight is 375 g/mol. The van der Waals surface area contributed by atoms with E-state index < -0.39 is 0 Å². The van der Waals surface area contributed by atoms with E-state index in [0.717, 1.165) is 63.3 Å². The first-order valence-corrected chi connectivity index (χ1v) is 10.0. The van der Waals surface area contributed by atoms with Crippen LogP contribution in [0.3, 0.4) is 0 Å². The van der Waals surface area contributed by atoms with Gasteiger partial charge in [-0.3, -0.25) is 0 Å². The monoisotopic (exact) mass is 375 g/mol. The lowest BCUT2D eigenvalue weighted by atomic mass is 9.93. The average Bonchev–Trinajstić information content (AvgIpc) is 3.31. The zero-order chi connectivity index (χ0) is 18.8. The molecule has 0 amide bonds. The number of aliphatic hydroxyl groups is 2. The summed E-state index contributed by atoms with van der Waals surface area (Å²) in [4.78, 5) is 17.9. The maximum absolute atomic E-state index is 9.92. The second-order valence-electron chi connectivity index (χ2n) is 7.85. The quantitative estimate of drug-likeness (QED) is 0.769. The molecule has 0 saturated carbocycles. The number of oxazole rings is 1. The van der Waals surface area contributed by atoms with Gasteiger partial charge in [-0.1, -0.05) is 6.92 Å². The first-order valence-electron chi connectivity index (χ1n) is 10.0. The summed E-state index contributed by atoms with van der Waals surface area (Å²) in [5, 5.41) is 19.2. The minimum Gasteiger partial charge on any atom is -0.422 e. The molecule has 0 spiro atoms. The lowest BCUT2D eigenvalue weighted by molar-refractivity contribution is 0.106. The normalized spacial score (nSPS) is 24.9. The Bertz CT molecular complexity index is 759. The predicted octanol–water partition coefficient (Wildman–Crippen LogP) is 0.929. The van der Waals surface area contributed by atoms with Crippen molar-refractivity contribution < 1.29 is 14.6 Å². The Labute approximate surface area is 159 Å². The van der Waals surface area contributed by atoms with Crippen LogP contribution in [0.25, 0.3) is 11.2 Å². The van der Waals surface area contributed by atoms with Crippen LogP contribution in [0.2, 0.25) is 0 Å². The van der Waals surface area contributed by atoms with Gasteiger partial charge in [0, 0.05) is 45.2 Å². The van der Waals surface area contributed by atoms with Crippen molar-refractivity contribution in [2.75, 3.05) is 50.8 Å². The van der Waals surface area contributed by atoms with E-state index in [1.165, 1.54) is 6.33 Å². The molecule has 0 radical (unpaired) electrons. The summed E-state index contributed by atoms with van der Waals surface area (Å²) >= 11 is 0. The summed E-state index contributed by atoms with van der Waals surface area (Å²) in [5.41, 5.74) is 1.25. The van der Waals surface area contributed by atoms with E-state index in [-0.39, 0.29) is 12.5 Å². The van der Waals surface area contributed by atoms with E-state index >= 15 is 0 Å². The minimum atomic E-state index is 0.182. The molecule has 8 heteroatoms. The molecule has 0 aromatic carbocycles. The van der Waals surface area contributed by atoms with Gasteiger partial charge in [-0.25, -0.2) is 9.97 Å². The molecule has 2 N–H and O–H groups in total. The van der Waals surface area contributed by atoms with Gasteiger partial charge in [0.15, 0.2) is 17.2 Å². The summed E-state index contributed by atoms with van der Waals surface area (Å²) < 4.78 is 5.67. The molecule has 2 saturated heterocycles. The summed E-state index contributed by atoms with van der Waals surface area (Å²) in [7, 11) is 0. The van der Waals surface area contributed by atoms with Crippen LogP contribution in [0.1, 0.15) is 25.7 Å². The number of aryl methyl sites for hydroxylation is 1. The SMILES string of the molecule is CCc1nc2c(N3C[C@@H](CN4CCC(CO)CC4)[C@@H](CO)C3)ncnc2o1. The molecule has 2 aromatic rings. The molecule has 0 unspecified atom stereocenters. The van der Waals surface area contributed by atoms with Crippen molar-refractivity contribution in [1.82, 2.24) is 19.9 Å². The number of hydrogen-bond donors (Lipinski definition) is 2. The molecule has 2 aromatic heterocycles. The smallest absolute Gasteiger partial charge is 0.252 e. The molecule has 2 atom stereocenters. The number of piperidine rings is 1. The van der Waals surface area contributed by atoms with Crippen molar-refractivity contribution >= 4 is 17.0 Å². The van der Waals surface area contributed by atoms with Crippen LogP contribution in [0, 0.1) is 17.8 Å². The van der Waals surface area contributed by atoms with E-state index in [1.54, 1.807) is 0 Å². The predicted molar refractivity (Wildman–Crippen MR) is 102 cm³/mol. The number of anilines is 1. The van der Waals surface area contributed by atoms with Crippen molar-refractivity contribution in [3.05, 3.63) is 12.2 Å². The largest absolute Gasteiger partial charge is 0.422 e. The number of rotatable bonds is 6. The highest BCUT2D eigenvalue weighted by Gasteiger charge is 2.36. The zero-order valence-electron chi connectivity index (χ0n) is 15.9. The Morgan fingerprint density at radius 3 is 2.59 bits per heavy atom. The summed E-state index contributed by atoms with van der Waals surface area (Å²) in [6.45, 7) is 7.15. The number of hydrogen-bond acceptors (Lipinski definition) is 8. The number of aliphatic hydroxyl groups excluding tert-OH is 2. The van der Waals surface area contributed by atoms with Crippen molar-refractivity contribution in [2.45, 2.75) is 26.2 Å². The van der Waals surface area contributed by atoms with Crippen molar-refractivity contribution in [3.63, 3.8) is 0 Å². The highest BCUT2D eigenvalue weighted by atomic mass is 16.4. The third-order valence-corrected chi connectivity index (χ3v) is 6.09. The van der Waals surface area contributed by atoms with Crippen LogP contribution >= 0.6 is 0 Å². The van der Waals surface area contributed by atoms with E-state index in [1.807, 2.05) is 6.92 Å². The minimum absolute atomic E-state index is 0.182. The fourth-order valence-electron chi connectivity index (χ4n) is 4.38. The van der Waals surface area contributed by atoms with Crippen molar-refractivity contribution in [1.29, 1.82) is 0 Å². The lowest BCUT2D eigenvalue weighted by Crippen LogP contribution is -2.40. The molecular formula is C19H29N5O3. The fourth-order valence-corrected chi connectivity index (χ4v) is 4.38. The van der Waals surface area contributed by atoms with Crippen LogP contribution < -0.4 is 4.90 Å². The molecule has 0 bridgehead atoms. The van der Waals surface area contributed by atoms with E-state index in [4.69, 9.17) is 4.42 Å². The van der Waals surface area contributed by atoms with Crippen LogP contribution in [0.15, 0.2) is 10.7 Å². The van der Waals surface area contributed by atoms with E-state index in [2.05, 4.69) is 24.8 Å². The number of fused-ring (bicyclic) bond motifs is 1. The Balaban J connectivity index is 1.47.